The molecule has 2 saturated carbocycles. The molecule has 2 aromatic rings. The number of hydrogen-bond acceptors (Lipinski definition) is 4. The Balaban J connectivity index is 1.20. The van der Waals surface area contributed by atoms with Crippen LogP contribution in [0.2, 0.25) is 0 Å². The van der Waals surface area contributed by atoms with E-state index in [-0.39, 0.29) is 17.9 Å². The van der Waals surface area contributed by atoms with Crippen molar-refractivity contribution in [2.75, 3.05) is 0 Å². The van der Waals surface area contributed by atoms with Crippen LogP contribution in [0.4, 0.5) is 4.39 Å². The van der Waals surface area contributed by atoms with Gasteiger partial charge in [0.15, 0.2) is 23.1 Å². The van der Waals surface area contributed by atoms with Crippen molar-refractivity contribution >= 4 is 5.97 Å². The van der Waals surface area contributed by atoms with Crippen molar-refractivity contribution in [3.63, 3.8) is 0 Å². The molecule has 0 unspecified atom stereocenters. The molecule has 0 radical (unpaired) electrons. The lowest BCUT2D eigenvalue weighted by atomic mass is 9.77. The summed E-state index contributed by atoms with van der Waals surface area (Å²) in [5.74, 6) is 1.95. The van der Waals surface area contributed by atoms with Crippen molar-refractivity contribution in [3.05, 3.63) is 83.9 Å². The Morgan fingerprint density at radius 1 is 0.947 bits per heavy atom. The number of esters is 1. The summed E-state index contributed by atoms with van der Waals surface area (Å²) in [4.78, 5) is 22.5. The van der Waals surface area contributed by atoms with Gasteiger partial charge in [-0.05, 0) is 112 Å². The van der Waals surface area contributed by atoms with E-state index in [1.807, 2.05) is 25.1 Å². The van der Waals surface area contributed by atoms with Gasteiger partial charge in [-0.2, -0.15) is 0 Å². The van der Waals surface area contributed by atoms with E-state index in [0.717, 1.165) is 48.6 Å². The fourth-order valence-corrected chi connectivity index (χ4v) is 5.65. The van der Waals surface area contributed by atoms with E-state index in [0.29, 0.717) is 17.6 Å². The molecule has 0 N–H and O–H groups in total. The number of ether oxygens (including phenoxy) is 1. The number of carbonyl (C=O) groups is 1. The number of carbonyl (C=O) groups excluding carboxylic acids is 1. The van der Waals surface area contributed by atoms with Gasteiger partial charge in [-0.1, -0.05) is 55.8 Å². The maximum atomic E-state index is 14.8. The van der Waals surface area contributed by atoms with E-state index >= 15 is 0 Å². The molecule has 0 spiro atoms. The number of allylic oxidation sites excluding steroid dienone is 2. The number of halogens is 1. The smallest absolute Gasteiger partial charge is 0.319 e. The number of hydrogen-bond donors (Lipinski definition) is 0. The Hall–Kier alpha value is -3.08. The zero-order valence-electron chi connectivity index (χ0n) is 22.8. The predicted molar refractivity (Wildman–Crippen MR) is 148 cm³/mol. The molecule has 0 aliphatic heterocycles. The second-order valence-electron chi connectivity index (χ2n) is 11.0. The highest BCUT2D eigenvalue weighted by Gasteiger charge is 2.23. The van der Waals surface area contributed by atoms with E-state index in [2.05, 4.69) is 25.7 Å². The van der Waals surface area contributed by atoms with Crippen LogP contribution in [0.5, 0.6) is 11.5 Å². The number of rotatable bonds is 10. The normalized spacial score (nSPS) is 23.7. The van der Waals surface area contributed by atoms with Crippen molar-refractivity contribution < 1.29 is 23.7 Å². The van der Waals surface area contributed by atoms with Gasteiger partial charge in [-0.25, -0.2) is 4.39 Å². The van der Waals surface area contributed by atoms with Gasteiger partial charge in [0, 0.05) is 0 Å². The summed E-state index contributed by atoms with van der Waals surface area (Å²) in [5.41, 5.74) is 2.06. The summed E-state index contributed by atoms with van der Waals surface area (Å²) < 4.78 is 20.0. The molecule has 0 aromatic heterocycles. The molecule has 4 nitrogen and oxygen atoms in total. The lowest BCUT2D eigenvalue weighted by Crippen LogP contribution is -2.14. The molecule has 0 bridgehead atoms. The minimum Gasteiger partial charge on any atom is -0.423 e. The average molecular weight is 521 g/mol. The Kier molecular flexibility index (Phi) is 10.0. The molecule has 2 fully saturated rings. The maximum Gasteiger partial charge on any atom is 0.319 e. The third-order valence-corrected chi connectivity index (χ3v) is 8.17. The second-order valence-corrected chi connectivity index (χ2v) is 11.0. The number of benzene rings is 2. The first-order valence-corrected chi connectivity index (χ1v) is 14.2. The molecule has 0 atom stereocenters. The summed E-state index contributed by atoms with van der Waals surface area (Å²) in [7, 11) is 0. The zero-order valence-corrected chi connectivity index (χ0v) is 22.8. The second kappa shape index (κ2) is 13.6. The van der Waals surface area contributed by atoms with Crippen molar-refractivity contribution in [3.8, 4) is 11.5 Å². The largest absolute Gasteiger partial charge is 0.423 e. The van der Waals surface area contributed by atoms with E-state index in [4.69, 9.17) is 14.5 Å². The van der Waals surface area contributed by atoms with E-state index in [9.17, 15) is 9.18 Å². The first kappa shape index (κ1) is 27.9. The lowest BCUT2D eigenvalue weighted by molar-refractivity contribution is -0.172. The summed E-state index contributed by atoms with van der Waals surface area (Å²) in [6, 6.07) is 12.2. The molecule has 2 aliphatic rings. The molecule has 2 aliphatic carbocycles. The molecule has 5 heteroatoms. The van der Waals surface area contributed by atoms with E-state index < -0.39 is 11.8 Å². The van der Waals surface area contributed by atoms with Gasteiger partial charge >= 0.3 is 5.97 Å². The highest BCUT2D eigenvalue weighted by molar-refractivity contribution is 5.74. The fraction of sp³-hybridized carbons (Fsp3) is 0.485. The summed E-state index contributed by atoms with van der Waals surface area (Å²) in [6.07, 6.45) is 15.8. The van der Waals surface area contributed by atoms with Gasteiger partial charge in [0.1, 0.15) is 6.42 Å². The van der Waals surface area contributed by atoms with Crippen LogP contribution in [-0.4, -0.2) is 5.97 Å². The van der Waals surface area contributed by atoms with Crippen molar-refractivity contribution in [2.45, 2.75) is 84.0 Å². The molecule has 0 heterocycles. The minimum atomic E-state index is -0.662. The Labute approximate surface area is 226 Å². The van der Waals surface area contributed by atoms with Crippen LogP contribution in [0.25, 0.3) is 0 Å². The van der Waals surface area contributed by atoms with E-state index in [1.54, 1.807) is 18.2 Å². The van der Waals surface area contributed by atoms with Gasteiger partial charge in [0.2, 0.25) is 0 Å². The molecule has 0 amide bonds. The average Bonchev–Trinajstić information content (AvgIpc) is 2.93. The molecule has 4 rings (SSSR count). The van der Waals surface area contributed by atoms with Gasteiger partial charge in [0.05, 0.1) is 0 Å². The van der Waals surface area contributed by atoms with Crippen molar-refractivity contribution in [1.29, 1.82) is 0 Å². The Morgan fingerprint density at radius 3 is 2.18 bits per heavy atom. The van der Waals surface area contributed by atoms with Crippen LogP contribution in [0.15, 0.2) is 67.0 Å². The first-order valence-electron chi connectivity index (χ1n) is 14.2. The molecule has 2 aromatic carbocycles. The van der Waals surface area contributed by atoms with Gasteiger partial charge in [-0.15, -0.1) is 0 Å². The monoisotopic (exact) mass is 520 g/mol. The topological polar surface area (TPSA) is 44.8 Å². The Bertz CT molecular complexity index is 1090. The molecular formula is C33H41FO4. The van der Waals surface area contributed by atoms with Gasteiger partial charge in [-0.3, -0.25) is 14.6 Å². The molecule has 204 valence electrons. The summed E-state index contributed by atoms with van der Waals surface area (Å²) in [6.45, 7) is 7.95. The summed E-state index contributed by atoms with van der Waals surface area (Å²) >= 11 is 0. The highest BCUT2D eigenvalue weighted by Crippen LogP contribution is 2.38. The minimum absolute atomic E-state index is 0.0760. The predicted octanol–water partition coefficient (Wildman–Crippen LogP) is 9.00. The third-order valence-electron chi connectivity index (χ3n) is 8.17. The third kappa shape index (κ3) is 8.21. The quantitative estimate of drug-likeness (QED) is 0.0783. The standard InChI is InChI=1S/C33H41FO4/c1-4-25-7-9-26(10-8-25)11-12-27-13-15-28(16-14-27)29-17-20-32(31(34)22-29)36-33(35)21-24(3)37-38-30-18-5-23(2)6-19-30/h5-6,11-12,17-20,22,25-28H,3-4,7-10,13-16,21H2,1-2H3. The number of aryl methyl sites for hydroxylation is 1. The van der Waals surface area contributed by atoms with Crippen molar-refractivity contribution in [2.24, 2.45) is 17.8 Å². The van der Waals surface area contributed by atoms with Crippen LogP contribution in [0, 0.1) is 30.5 Å². The van der Waals surface area contributed by atoms with Gasteiger partial charge < -0.3 is 4.74 Å². The van der Waals surface area contributed by atoms with Crippen molar-refractivity contribution in [1.82, 2.24) is 0 Å². The maximum absolute atomic E-state index is 14.8. The lowest BCUT2D eigenvalue weighted by Gasteiger charge is -2.29. The van der Waals surface area contributed by atoms with Crippen LogP contribution < -0.4 is 9.62 Å². The SMILES string of the molecule is C=C(CC(=O)Oc1ccc(C2CCC(C=CC3CCC(CC)CC3)CC2)cc1F)OOc1ccc(C)cc1. The van der Waals surface area contributed by atoms with E-state index in [1.165, 1.54) is 38.2 Å². The molecular weight excluding hydrogens is 479 g/mol. The molecule has 0 saturated heterocycles. The first-order chi connectivity index (χ1) is 18.4. The molecule has 38 heavy (non-hydrogen) atoms. The van der Waals surface area contributed by atoms with Crippen LogP contribution >= 0.6 is 0 Å². The Morgan fingerprint density at radius 2 is 1.58 bits per heavy atom. The zero-order chi connectivity index (χ0) is 26.9. The van der Waals surface area contributed by atoms with Crippen LogP contribution in [-0.2, 0) is 9.68 Å². The van der Waals surface area contributed by atoms with Crippen LogP contribution in [0.1, 0.15) is 88.2 Å². The fourth-order valence-electron chi connectivity index (χ4n) is 5.65. The van der Waals surface area contributed by atoms with Gasteiger partial charge in [0.25, 0.3) is 0 Å². The highest BCUT2D eigenvalue weighted by atomic mass is 19.1. The summed E-state index contributed by atoms with van der Waals surface area (Å²) in [5, 5.41) is 0. The van der Waals surface area contributed by atoms with Crippen LogP contribution in [0.3, 0.4) is 0 Å².